The molecule has 0 saturated carbocycles. The number of rotatable bonds is 7. The standard InChI is InChI=1S/C28H26F2N6O3/c1-2-36-26(37)22(17-32-27(36)33-20-8-6-19(29)7-9-20)18-5-10-24(23(30)15-18)39-21-11-12-31-25(16-21)34-28(38)35-13-3-4-14-35/h5-12,15-17H,2-4,13-14H2,1H3,(H,32,33)(H,31,34,38). The quantitative estimate of drug-likeness (QED) is 0.314. The fourth-order valence-corrected chi connectivity index (χ4v) is 4.28. The molecule has 1 saturated heterocycles. The fourth-order valence-electron chi connectivity index (χ4n) is 4.28. The van der Waals surface area contributed by atoms with Crippen LogP contribution >= 0.6 is 0 Å². The second-order valence-corrected chi connectivity index (χ2v) is 8.93. The third kappa shape index (κ3) is 5.87. The van der Waals surface area contributed by atoms with E-state index >= 15 is 4.39 Å². The number of pyridine rings is 1. The molecule has 5 rings (SSSR count). The van der Waals surface area contributed by atoms with E-state index in [9.17, 15) is 14.0 Å². The van der Waals surface area contributed by atoms with E-state index in [1.54, 1.807) is 24.0 Å². The summed E-state index contributed by atoms with van der Waals surface area (Å²) in [5.74, 6) is -0.243. The maximum absolute atomic E-state index is 15.1. The number of nitrogens with one attached hydrogen (secondary N) is 2. The highest BCUT2D eigenvalue weighted by molar-refractivity contribution is 5.88. The Balaban J connectivity index is 1.33. The minimum Gasteiger partial charge on any atom is -0.454 e. The molecule has 0 radical (unpaired) electrons. The Bertz CT molecular complexity index is 1550. The SMILES string of the molecule is CCn1c(Nc2ccc(F)cc2)ncc(-c2ccc(Oc3ccnc(NC(=O)N4CCCC4)c3)c(F)c2)c1=O. The van der Waals surface area contributed by atoms with E-state index in [0.717, 1.165) is 12.8 Å². The van der Waals surface area contributed by atoms with Gasteiger partial charge in [-0.25, -0.2) is 23.5 Å². The van der Waals surface area contributed by atoms with Crippen molar-refractivity contribution in [3.05, 3.63) is 89.0 Å². The third-order valence-electron chi connectivity index (χ3n) is 6.29. The monoisotopic (exact) mass is 532 g/mol. The molecule has 9 nitrogen and oxygen atoms in total. The van der Waals surface area contributed by atoms with E-state index in [4.69, 9.17) is 4.74 Å². The summed E-state index contributed by atoms with van der Waals surface area (Å²) in [6.45, 7) is 3.50. The minimum atomic E-state index is -0.678. The highest BCUT2D eigenvalue weighted by atomic mass is 19.1. The molecule has 0 bridgehead atoms. The first-order chi connectivity index (χ1) is 18.9. The molecular weight excluding hydrogens is 506 g/mol. The largest absolute Gasteiger partial charge is 0.454 e. The normalized spacial score (nSPS) is 12.8. The van der Waals surface area contributed by atoms with Crippen LogP contribution in [-0.4, -0.2) is 38.6 Å². The molecule has 2 aromatic heterocycles. The summed E-state index contributed by atoms with van der Waals surface area (Å²) in [7, 11) is 0. The van der Waals surface area contributed by atoms with Crippen molar-refractivity contribution in [1.29, 1.82) is 0 Å². The average Bonchev–Trinajstić information content (AvgIpc) is 3.47. The second-order valence-electron chi connectivity index (χ2n) is 8.93. The summed E-state index contributed by atoms with van der Waals surface area (Å²) in [6.07, 6.45) is 4.77. The van der Waals surface area contributed by atoms with Gasteiger partial charge in [-0.15, -0.1) is 0 Å². The van der Waals surface area contributed by atoms with Crippen molar-refractivity contribution in [1.82, 2.24) is 19.4 Å². The number of ether oxygens (including phenoxy) is 1. The first-order valence-corrected chi connectivity index (χ1v) is 12.5. The lowest BCUT2D eigenvalue weighted by Gasteiger charge is -2.16. The smallest absolute Gasteiger partial charge is 0.323 e. The molecule has 0 unspecified atom stereocenters. The van der Waals surface area contributed by atoms with Gasteiger partial charge < -0.3 is 15.0 Å². The number of hydrogen-bond donors (Lipinski definition) is 2. The molecule has 0 aliphatic carbocycles. The molecule has 0 atom stereocenters. The lowest BCUT2D eigenvalue weighted by Crippen LogP contribution is -2.32. The van der Waals surface area contributed by atoms with Crippen LogP contribution in [0.15, 0.2) is 71.8 Å². The van der Waals surface area contributed by atoms with Crippen molar-refractivity contribution in [3.8, 4) is 22.6 Å². The van der Waals surface area contributed by atoms with Crippen molar-refractivity contribution < 1.29 is 18.3 Å². The fraction of sp³-hybridized carbons (Fsp3) is 0.214. The highest BCUT2D eigenvalue weighted by Crippen LogP contribution is 2.29. The number of anilines is 3. The molecule has 1 aliphatic heterocycles. The van der Waals surface area contributed by atoms with Gasteiger partial charge in [0.15, 0.2) is 11.6 Å². The number of hydrogen-bond acceptors (Lipinski definition) is 6. The summed E-state index contributed by atoms with van der Waals surface area (Å²) in [5, 5.41) is 5.74. The first-order valence-electron chi connectivity index (χ1n) is 12.5. The van der Waals surface area contributed by atoms with Gasteiger partial charge >= 0.3 is 6.03 Å². The third-order valence-corrected chi connectivity index (χ3v) is 6.29. The van der Waals surface area contributed by atoms with Crippen molar-refractivity contribution in [2.75, 3.05) is 23.7 Å². The van der Waals surface area contributed by atoms with Crippen molar-refractivity contribution in [3.63, 3.8) is 0 Å². The van der Waals surface area contributed by atoms with Crippen LogP contribution in [0.4, 0.5) is 31.0 Å². The second kappa shape index (κ2) is 11.3. The topological polar surface area (TPSA) is 101 Å². The van der Waals surface area contributed by atoms with Gasteiger partial charge in [0.1, 0.15) is 17.4 Å². The van der Waals surface area contributed by atoms with Crippen LogP contribution in [0.25, 0.3) is 11.1 Å². The van der Waals surface area contributed by atoms with Gasteiger partial charge in [0, 0.05) is 43.8 Å². The summed E-state index contributed by atoms with van der Waals surface area (Å²) in [4.78, 5) is 35.7. The molecule has 1 aliphatic rings. The van der Waals surface area contributed by atoms with Crippen LogP contribution in [0.3, 0.4) is 0 Å². The van der Waals surface area contributed by atoms with Crippen LogP contribution in [-0.2, 0) is 6.54 Å². The molecule has 1 fully saturated rings. The van der Waals surface area contributed by atoms with Gasteiger partial charge in [0.05, 0.1) is 5.56 Å². The predicted octanol–water partition coefficient (Wildman–Crippen LogP) is 5.77. The van der Waals surface area contributed by atoms with E-state index < -0.39 is 5.82 Å². The number of benzene rings is 2. The van der Waals surface area contributed by atoms with Gasteiger partial charge in [-0.1, -0.05) is 6.07 Å². The molecule has 39 heavy (non-hydrogen) atoms. The lowest BCUT2D eigenvalue weighted by molar-refractivity contribution is 0.222. The van der Waals surface area contributed by atoms with Crippen molar-refractivity contribution in [2.24, 2.45) is 0 Å². The molecule has 3 heterocycles. The molecule has 0 spiro atoms. The van der Waals surface area contributed by atoms with Crippen LogP contribution in [0, 0.1) is 11.6 Å². The maximum Gasteiger partial charge on any atom is 0.323 e. The number of aromatic nitrogens is 3. The van der Waals surface area contributed by atoms with Crippen molar-refractivity contribution in [2.45, 2.75) is 26.3 Å². The van der Waals surface area contributed by atoms with Crippen LogP contribution in [0.1, 0.15) is 19.8 Å². The molecule has 200 valence electrons. The van der Waals surface area contributed by atoms with Gasteiger partial charge in [-0.05, 0) is 67.8 Å². The van der Waals surface area contributed by atoms with Gasteiger partial charge in [0.2, 0.25) is 5.95 Å². The number of likely N-dealkylation sites (tertiary alicyclic amines) is 1. The zero-order chi connectivity index (χ0) is 27.4. The Morgan fingerprint density at radius 1 is 1.03 bits per heavy atom. The summed E-state index contributed by atoms with van der Waals surface area (Å²) in [5.41, 5.74) is 0.752. The Hall–Kier alpha value is -4.80. The molecule has 4 aromatic rings. The lowest BCUT2D eigenvalue weighted by atomic mass is 10.1. The number of nitrogens with zero attached hydrogens (tertiary/aromatic N) is 4. The molecule has 11 heteroatoms. The number of carbonyl (C=O) groups is 1. The van der Waals surface area contributed by atoms with Gasteiger partial charge in [-0.2, -0.15) is 0 Å². The minimum absolute atomic E-state index is 0.0554. The van der Waals surface area contributed by atoms with Crippen LogP contribution in [0.2, 0.25) is 0 Å². The summed E-state index contributed by atoms with van der Waals surface area (Å²) < 4.78 is 35.4. The summed E-state index contributed by atoms with van der Waals surface area (Å²) >= 11 is 0. The van der Waals surface area contributed by atoms with E-state index in [1.807, 2.05) is 0 Å². The molecule has 2 N–H and O–H groups in total. The maximum atomic E-state index is 15.1. The zero-order valence-electron chi connectivity index (χ0n) is 21.2. The molecule has 2 amide bonds. The van der Waals surface area contributed by atoms with E-state index in [2.05, 4.69) is 20.6 Å². The highest BCUT2D eigenvalue weighted by Gasteiger charge is 2.19. The molecule has 2 aromatic carbocycles. The number of amides is 2. The molecular formula is C28H26F2N6O3. The number of halogens is 2. The van der Waals surface area contributed by atoms with Crippen LogP contribution < -0.4 is 20.9 Å². The Labute approximate surface area is 223 Å². The van der Waals surface area contributed by atoms with Gasteiger partial charge in [0.25, 0.3) is 5.56 Å². The average molecular weight is 533 g/mol. The van der Waals surface area contributed by atoms with E-state index in [1.165, 1.54) is 59.4 Å². The predicted molar refractivity (Wildman–Crippen MR) is 143 cm³/mol. The van der Waals surface area contributed by atoms with Crippen molar-refractivity contribution >= 4 is 23.5 Å². The number of urea groups is 1. The number of carbonyl (C=O) groups excluding carboxylic acids is 1. The van der Waals surface area contributed by atoms with Crippen LogP contribution in [0.5, 0.6) is 11.5 Å². The Morgan fingerprint density at radius 3 is 2.51 bits per heavy atom. The zero-order valence-corrected chi connectivity index (χ0v) is 21.2. The van der Waals surface area contributed by atoms with E-state index in [-0.39, 0.29) is 34.7 Å². The van der Waals surface area contributed by atoms with Gasteiger partial charge in [-0.3, -0.25) is 14.7 Å². The first kappa shape index (κ1) is 25.8. The van der Waals surface area contributed by atoms with E-state index in [0.29, 0.717) is 42.5 Å². The Kier molecular flexibility index (Phi) is 7.48. The Morgan fingerprint density at radius 2 is 1.79 bits per heavy atom. The summed E-state index contributed by atoms with van der Waals surface area (Å²) in [6, 6.07) is 12.7.